The van der Waals surface area contributed by atoms with Crippen molar-refractivity contribution in [3.05, 3.63) is 78.1 Å². The number of fused-ring (bicyclic) bond motifs is 1. The van der Waals surface area contributed by atoms with Crippen LogP contribution in [0.3, 0.4) is 0 Å². The molecular formula is C27H25N3O5. The average molecular weight is 472 g/mol. The van der Waals surface area contributed by atoms with Gasteiger partial charge < -0.3 is 24.8 Å². The van der Waals surface area contributed by atoms with Crippen LogP contribution in [-0.4, -0.2) is 47.2 Å². The van der Waals surface area contributed by atoms with Crippen molar-refractivity contribution in [3.63, 3.8) is 0 Å². The number of rotatable bonds is 4. The summed E-state index contributed by atoms with van der Waals surface area (Å²) in [4.78, 5) is 31.4. The van der Waals surface area contributed by atoms with Gasteiger partial charge in [-0.15, -0.1) is 0 Å². The van der Waals surface area contributed by atoms with Gasteiger partial charge in [-0.2, -0.15) is 0 Å². The Morgan fingerprint density at radius 1 is 1.17 bits per heavy atom. The van der Waals surface area contributed by atoms with Crippen molar-refractivity contribution in [3.8, 4) is 29.1 Å². The number of hydrogen-bond donors (Lipinski definition) is 2. The molecule has 0 spiro atoms. The van der Waals surface area contributed by atoms with Crippen LogP contribution in [0.4, 0.5) is 5.69 Å². The highest BCUT2D eigenvalue weighted by molar-refractivity contribution is 6.02. The Hall–Kier alpha value is -4.35. The second kappa shape index (κ2) is 9.87. The van der Waals surface area contributed by atoms with Gasteiger partial charge in [0.25, 0.3) is 11.8 Å². The molecule has 1 atom stereocenters. The number of nitrogens with zero attached hydrogens (tertiary/aromatic N) is 2. The minimum Gasteiger partial charge on any atom is -0.489 e. The quantitative estimate of drug-likeness (QED) is 0.567. The zero-order chi connectivity index (χ0) is 25.0. The molecular weight excluding hydrogens is 446 g/mol. The Balaban J connectivity index is 1.44. The fraction of sp³-hybridized carbons (Fsp3) is 0.222. The van der Waals surface area contributed by atoms with Crippen molar-refractivity contribution in [1.29, 1.82) is 0 Å². The molecule has 0 bridgehead atoms. The third-order valence-corrected chi connectivity index (χ3v) is 5.12. The lowest BCUT2D eigenvalue weighted by molar-refractivity contribution is -0.120. The molecule has 2 aromatic carbocycles. The Morgan fingerprint density at radius 3 is 2.63 bits per heavy atom. The van der Waals surface area contributed by atoms with Crippen molar-refractivity contribution in [2.45, 2.75) is 25.5 Å². The Morgan fingerprint density at radius 2 is 1.94 bits per heavy atom. The van der Waals surface area contributed by atoms with E-state index >= 15 is 0 Å². The van der Waals surface area contributed by atoms with E-state index in [9.17, 15) is 14.7 Å². The number of carbonyl (C=O) groups is 2. The second-order valence-electron chi connectivity index (χ2n) is 8.52. The highest BCUT2D eigenvalue weighted by Crippen LogP contribution is 2.31. The van der Waals surface area contributed by atoms with Gasteiger partial charge in [-0.3, -0.25) is 9.59 Å². The van der Waals surface area contributed by atoms with Crippen LogP contribution in [-0.2, 0) is 4.79 Å². The molecule has 0 saturated carbocycles. The second-order valence-corrected chi connectivity index (χ2v) is 8.52. The number of anilines is 1. The van der Waals surface area contributed by atoms with Crippen LogP contribution < -0.4 is 19.7 Å². The number of amides is 2. The number of ether oxygens (including phenoxy) is 2. The van der Waals surface area contributed by atoms with E-state index < -0.39 is 17.6 Å². The first kappa shape index (κ1) is 23.8. The molecule has 8 nitrogen and oxygen atoms in total. The van der Waals surface area contributed by atoms with Crippen molar-refractivity contribution in [1.82, 2.24) is 10.3 Å². The van der Waals surface area contributed by atoms with Crippen LogP contribution in [0.2, 0.25) is 0 Å². The van der Waals surface area contributed by atoms with E-state index in [2.05, 4.69) is 22.1 Å². The maximum atomic E-state index is 13.1. The van der Waals surface area contributed by atoms with Gasteiger partial charge in [0.1, 0.15) is 41.2 Å². The first-order valence-electron chi connectivity index (χ1n) is 11.0. The van der Waals surface area contributed by atoms with E-state index in [4.69, 9.17) is 9.47 Å². The molecule has 1 aliphatic heterocycles. The number of aromatic nitrogens is 1. The number of hydrogen-bond acceptors (Lipinski definition) is 6. The lowest BCUT2D eigenvalue weighted by Gasteiger charge is -2.20. The van der Waals surface area contributed by atoms with Crippen molar-refractivity contribution >= 4 is 17.5 Å². The number of para-hydroxylation sites is 1. The summed E-state index contributed by atoms with van der Waals surface area (Å²) in [6.07, 6.45) is 1.45. The van der Waals surface area contributed by atoms with E-state index in [0.29, 0.717) is 28.5 Å². The van der Waals surface area contributed by atoms with Gasteiger partial charge in [-0.05, 0) is 56.3 Å². The molecule has 1 aliphatic rings. The maximum absolute atomic E-state index is 13.1. The summed E-state index contributed by atoms with van der Waals surface area (Å²) in [5, 5.41) is 12.5. The molecule has 1 aromatic heterocycles. The largest absolute Gasteiger partial charge is 0.489 e. The van der Waals surface area contributed by atoms with Gasteiger partial charge in [0.05, 0.1) is 11.9 Å². The fourth-order valence-electron chi connectivity index (χ4n) is 3.34. The van der Waals surface area contributed by atoms with Crippen LogP contribution in [0.5, 0.6) is 17.2 Å². The minimum absolute atomic E-state index is 0.0359. The molecule has 0 fully saturated rings. The number of nitrogens with one attached hydrogen (secondary N) is 1. The maximum Gasteiger partial charge on any atom is 0.270 e. The summed E-state index contributed by atoms with van der Waals surface area (Å²) in [6, 6.07) is 16.7. The van der Waals surface area contributed by atoms with Crippen molar-refractivity contribution in [2.24, 2.45) is 0 Å². The highest BCUT2D eigenvalue weighted by Gasteiger charge is 2.31. The van der Waals surface area contributed by atoms with E-state index in [1.54, 1.807) is 45.2 Å². The van der Waals surface area contributed by atoms with Gasteiger partial charge in [0.2, 0.25) is 0 Å². The third kappa shape index (κ3) is 5.96. The fourth-order valence-corrected chi connectivity index (χ4v) is 3.34. The Kier molecular flexibility index (Phi) is 6.71. The molecule has 2 amide bonds. The first-order valence-corrected chi connectivity index (χ1v) is 11.0. The minimum atomic E-state index is -1.14. The topological polar surface area (TPSA) is 101 Å². The van der Waals surface area contributed by atoms with Crippen LogP contribution in [0, 0.1) is 11.8 Å². The third-order valence-electron chi connectivity index (χ3n) is 5.12. The number of benzene rings is 2. The first-order chi connectivity index (χ1) is 16.7. The molecule has 0 saturated heterocycles. The summed E-state index contributed by atoms with van der Waals surface area (Å²) < 4.78 is 11.5. The van der Waals surface area contributed by atoms with Crippen molar-refractivity contribution < 1.29 is 24.2 Å². The molecule has 0 unspecified atom stereocenters. The molecule has 2 N–H and O–H groups in total. The van der Waals surface area contributed by atoms with E-state index in [1.165, 1.54) is 17.2 Å². The number of aliphatic hydroxyl groups is 1. The smallest absolute Gasteiger partial charge is 0.270 e. The van der Waals surface area contributed by atoms with Gasteiger partial charge in [0, 0.05) is 12.6 Å². The molecule has 0 aliphatic carbocycles. The summed E-state index contributed by atoms with van der Waals surface area (Å²) in [6.45, 7) is 3.15. The van der Waals surface area contributed by atoms with E-state index in [0.717, 1.165) is 0 Å². The number of carbonyl (C=O) groups excluding carboxylic acids is 2. The summed E-state index contributed by atoms with van der Waals surface area (Å²) in [7, 11) is 1.61. The van der Waals surface area contributed by atoms with Gasteiger partial charge in [0.15, 0.2) is 0 Å². The lowest BCUT2D eigenvalue weighted by atomic mass is 10.1. The summed E-state index contributed by atoms with van der Waals surface area (Å²) in [5.41, 5.74) is 0.153. The molecule has 2 heterocycles. The van der Waals surface area contributed by atoms with Crippen LogP contribution >= 0.6 is 0 Å². The van der Waals surface area contributed by atoms with E-state index in [1.807, 2.05) is 30.3 Å². The molecule has 3 aromatic rings. The molecule has 178 valence electrons. The Bertz CT molecular complexity index is 1290. The van der Waals surface area contributed by atoms with E-state index in [-0.39, 0.29) is 18.2 Å². The predicted molar refractivity (Wildman–Crippen MR) is 131 cm³/mol. The van der Waals surface area contributed by atoms with Gasteiger partial charge >= 0.3 is 0 Å². The van der Waals surface area contributed by atoms with Crippen LogP contribution in [0.15, 0.2) is 66.9 Å². The predicted octanol–water partition coefficient (Wildman–Crippen LogP) is 3.15. The van der Waals surface area contributed by atoms with Crippen LogP contribution in [0.1, 0.15) is 29.9 Å². The normalized spacial score (nSPS) is 15.1. The van der Waals surface area contributed by atoms with Crippen molar-refractivity contribution in [2.75, 3.05) is 18.6 Å². The SMILES string of the molecule is CN1C(=O)[C@@H](NC(=O)c2ccc(Oc3ccccc3)cn2)COc2ccc(C#CC(C)(C)O)cc21. The Labute approximate surface area is 203 Å². The molecule has 0 radical (unpaired) electrons. The zero-order valence-corrected chi connectivity index (χ0v) is 19.6. The summed E-state index contributed by atoms with van der Waals surface area (Å²) >= 11 is 0. The summed E-state index contributed by atoms with van der Waals surface area (Å²) in [5.74, 6) is 6.43. The number of likely N-dealkylation sites (N-methyl/N-ethyl adjacent to an activating group) is 1. The highest BCUT2D eigenvalue weighted by atomic mass is 16.5. The lowest BCUT2D eigenvalue weighted by Crippen LogP contribution is -2.49. The zero-order valence-electron chi connectivity index (χ0n) is 19.6. The molecule has 35 heavy (non-hydrogen) atoms. The standard InChI is InChI=1S/C27H25N3O5/c1-27(2,33)14-13-18-9-12-24-23(15-18)30(3)26(32)22(17-34-24)29-25(31)21-11-10-20(16-28-21)35-19-7-5-4-6-8-19/h4-12,15-16,22,33H,17H2,1-3H3,(H,29,31)/t22-/m0/s1. The van der Waals surface area contributed by atoms with Gasteiger partial charge in [-0.1, -0.05) is 30.0 Å². The van der Waals surface area contributed by atoms with Gasteiger partial charge in [-0.25, -0.2) is 4.98 Å². The monoisotopic (exact) mass is 471 g/mol. The van der Waals surface area contributed by atoms with Crippen LogP contribution in [0.25, 0.3) is 0 Å². The average Bonchev–Trinajstić information content (AvgIpc) is 2.95. The molecule has 4 rings (SSSR count). The number of pyridine rings is 1. The molecule has 8 heteroatoms.